The predicted octanol–water partition coefficient (Wildman–Crippen LogP) is 4.61. The van der Waals surface area contributed by atoms with Crippen LogP contribution in [0.4, 0.5) is 18.0 Å². The Morgan fingerprint density at radius 1 is 1.20 bits per heavy atom. The molecule has 1 aromatic heterocycles. The molecule has 1 atom stereocenters. The number of hydrogen-bond acceptors (Lipinski definition) is 3. The van der Waals surface area contributed by atoms with E-state index in [0.717, 1.165) is 11.6 Å². The molecule has 8 heteroatoms. The molecule has 2 aromatic carbocycles. The summed E-state index contributed by atoms with van der Waals surface area (Å²) >= 11 is 0. The highest BCUT2D eigenvalue weighted by molar-refractivity contribution is 5.92. The number of fused-ring (bicyclic) bond motifs is 1. The second-order valence-corrected chi connectivity index (χ2v) is 7.66. The molecular formula is C22H21F3N2O3. The topological polar surface area (TPSA) is 74.3 Å². The van der Waals surface area contributed by atoms with Crippen molar-refractivity contribution in [3.05, 3.63) is 59.4 Å². The number of carbonyl (C=O) groups excluding carboxylic acids is 1. The van der Waals surface area contributed by atoms with Crippen molar-refractivity contribution >= 4 is 17.0 Å². The van der Waals surface area contributed by atoms with Crippen molar-refractivity contribution in [3.63, 3.8) is 0 Å². The van der Waals surface area contributed by atoms with E-state index in [9.17, 15) is 23.1 Å². The van der Waals surface area contributed by atoms with E-state index in [1.165, 1.54) is 18.2 Å². The Morgan fingerprint density at radius 3 is 2.57 bits per heavy atom. The number of ether oxygens (including phenoxy) is 1. The molecule has 1 aliphatic rings. The molecule has 0 saturated heterocycles. The van der Waals surface area contributed by atoms with Gasteiger partial charge in [0.2, 0.25) is 0 Å². The maximum Gasteiger partial charge on any atom is 0.407 e. The Labute approximate surface area is 170 Å². The Kier molecular flexibility index (Phi) is 5.42. The van der Waals surface area contributed by atoms with Crippen LogP contribution < -0.4 is 5.32 Å². The summed E-state index contributed by atoms with van der Waals surface area (Å²) in [5.41, 5.74) is 2.15. The number of rotatable bonds is 5. The van der Waals surface area contributed by atoms with Crippen LogP contribution in [-0.4, -0.2) is 34.9 Å². The van der Waals surface area contributed by atoms with Crippen LogP contribution in [0.15, 0.2) is 36.4 Å². The van der Waals surface area contributed by atoms with Crippen LogP contribution >= 0.6 is 0 Å². The maximum absolute atomic E-state index is 14.4. The second kappa shape index (κ2) is 8.02. The van der Waals surface area contributed by atoms with Gasteiger partial charge in [0.25, 0.3) is 0 Å². The van der Waals surface area contributed by atoms with Crippen molar-refractivity contribution < 1.29 is 27.8 Å². The molecule has 4 rings (SSSR count). The number of H-pyrrole nitrogens is 1. The summed E-state index contributed by atoms with van der Waals surface area (Å²) in [6.45, 7) is 1.64. The van der Waals surface area contributed by atoms with Gasteiger partial charge in [0.15, 0.2) is 0 Å². The van der Waals surface area contributed by atoms with E-state index in [1.807, 2.05) is 0 Å². The summed E-state index contributed by atoms with van der Waals surface area (Å²) in [6, 6.07) is 7.86. The van der Waals surface area contributed by atoms with E-state index >= 15 is 0 Å². The quantitative estimate of drug-likeness (QED) is 0.567. The third-order valence-electron chi connectivity index (χ3n) is 5.32. The summed E-state index contributed by atoms with van der Waals surface area (Å²) in [6.07, 6.45) is -0.661. The normalized spacial score (nSPS) is 19.4. The molecule has 30 heavy (non-hydrogen) atoms. The van der Waals surface area contributed by atoms with Gasteiger partial charge in [0, 0.05) is 18.0 Å². The van der Waals surface area contributed by atoms with E-state index in [-0.39, 0.29) is 24.1 Å². The monoisotopic (exact) mass is 418 g/mol. The molecule has 1 heterocycles. The fourth-order valence-electron chi connectivity index (χ4n) is 3.83. The number of benzene rings is 2. The van der Waals surface area contributed by atoms with Gasteiger partial charge in [-0.15, -0.1) is 0 Å². The zero-order valence-electron chi connectivity index (χ0n) is 16.2. The maximum atomic E-state index is 14.4. The van der Waals surface area contributed by atoms with Crippen LogP contribution in [-0.2, 0) is 4.74 Å². The molecule has 5 nitrogen and oxygen atoms in total. The number of aliphatic hydroxyl groups is 1. The van der Waals surface area contributed by atoms with Crippen LogP contribution in [0, 0.1) is 17.5 Å². The van der Waals surface area contributed by atoms with Gasteiger partial charge in [-0.25, -0.2) is 18.0 Å². The third-order valence-corrected chi connectivity index (χ3v) is 5.32. The molecule has 0 radical (unpaired) electrons. The van der Waals surface area contributed by atoms with Crippen LogP contribution in [0.1, 0.15) is 31.2 Å². The summed E-state index contributed by atoms with van der Waals surface area (Å²) in [7, 11) is 0. The minimum absolute atomic E-state index is 0.0880. The number of halogens is 3. The molecule has 158 valence electrons. The highest BCUT2D eigenvalue weighted by Crippen LogP contribution is 2.46. The summed E-state index contributed by atoms with van der Waals surface area (Å²) in [4.78, 5) is 14.8. The number of carbonyl (C=O) groups is 1. The van der Waals surface area contributed by atoms with Crippen molar-refractivity contribution in [2.75, 3.05) is 6.54 Å². The number of aromatic nitrogens is 1. The van der Waals surface area contributed by atoms with Crippen LogP contribution in [0.3, 0.4) is 0 Å². The third kappa shape index (κ3) is 4.00. The lowest BCUT2D eigenvalue weighted by Crippen LogP contribution is -2.38. The summed E-state index contributed by atoms with van der Waals surface area (Å²) < 4.78 is 47.0. The lowest BCUT2D eigenvalue weighted by molar-refractivity contribution is 0.0378. The Hall–Kier alpha value is -3.00. The van der Waals surface area contributed by atoms with Crippen molar-refractivity contribution in [2.45, 2.75) is 37.9 Å². The number of hydrogen-bond donors (Lipinski definition) is 3. The van der Waals surface area contributed by atoms with Gasteiger partial charge in [-0.1, -0.05) is 0 Å². The Bertz CT molecular complexity index is 1070. The highest BCUT2D eigenvalue weighted by atomic mass is 19.1. The van der Waals surface area contributed by atoms with E-state index in [4.69, 9.17) is 4.74 Å². The molecular weight excluding hydrogens is 397 g/mol. The minimum atomic E-state index is -0.704. The van der Waals surface area contributed by atoms with Crippen molar-refractivity contribution in [1.29, 1.82) is 0 Å². The van der Waals surface area contributed by atoms with Crippen molar-refractivity contribution in [3.8, 4) is 11.3 Å². The lowest BCUT2D eigenvalue weighted by Gasteiger charge is -2.35. The van der Waals surface area contributed by atoms with E-state index in [2.05, 4.69) is 10.3 Å². The van der Waals surface area contributed by atoms with Gasteiger partial charge < -0.3 is 20.1 Å². The smallest absolute Gasteiger partial charge is 0.407 e. The van der Waals surface area contributed by atoms with E-state index in [1.54, 1.807) is 19.1 Å². The first-order valence-electron chi connectivity index (χ1n) is 9.71. The van der Waals surface area contributed by atoms with Gasteiger partial charge in [-0.3, -0.25) is 0 Å². The van der Waals surface area contributed by atoms with Gasteiger partial charge in [-0.05, 0) is 67.1 Å². The summed E-state index contributed by atoms with van der Waals surface area (Å²) in [5.74, 6) is -1.87. The number of alkyl carbamates (subject to hydrolysis) is 1. The number of aromatic amines is 1. The largest absolute Gasteiger partial charge is 0.446 e. The van der Waals surface area contributed by atoms with E-state index < -0.39 is 29.6 Å². The van der Waals surface area contributed by atoms with Crippen LogP contribution in [0.25, 0.3) is 22.2 Å². The molecule has 1 amide bonds. The molecule has 3 aromatic rings. The number of nitrogens with one attached hydrogen (secondary N) is 2. The molecule has 1 saturated carbocycles. The Balaban J connectivity index is 1.61. The fraction of sp³-hybridized carbons (Fsp3) is 0.318. The predicted molar refractivity (Wildman–Crippen MR) is 106 cm³/mol. The molecule has 1 fully saturated rings. The van der Waals surface area contributed by atoms with Crippen molar-refractivity contribution in [1.82, 2.24) is 10.3 Å². The molecule has 0 aliphatic heterocycles. The van der Waals surface area contributed by atoms with Gasteiger partial charge in [0.05, 0.1) is 17.3 Å². The average Bonchev–Trinajstić information content (AvgIpc) is 3.02. The first kappa shape index (κ1) is 20.3. The fourth-order valence-corrected chi connectivity index (χ4v) is 3.83. The average molecular weight is 418 g/mol. The van der Waals surface area contributed by atoms with Gasteiger partial charge in [0.1, 0.15) is 23.6 Å². The van der Waals surface area contributed by atoms with Crippen LogP contribution in [0.5, 0.6) is 0 Å². The van der Waals surface area contributed by atoms with E-state index in [0.29, 0.717) is 29.5 Å². The SMILES string of the molecule is C[C@H](O)CNC(=O)O[C@H]1C[C@H](c2c(-c3ccc(F)cc3)[nH]c3c(F)cc(F)cc32)C1. The van der Waals surface area contributed by atoms with Crippen molar-refractivity contribution in [2.24, 2.45) is 0 Å². The van der Waals surface area contributed by atoms with Gasteiger partial charge >= 0.3 is 6.09 Å². The number of amides is 1. The molecule has 0 unspecified atom stereocenters. The minimum Gasteiger partial charge on any atom is -0.446 e. The molecule has 1 aliphatic carbocycles. The first-order valence-corrected chi connectivity index (χ1v) is 9.71. The first-order chi connectivity index (χ1) is 14.3. The second-order valence-electron chi connectivity index (χ2n) is 7.66. The summed E-state index contributed by atoms with van der Waals surface area (Å²) in [5, 5.41) is 12.1. The van der Waals surface area contributed by atoms with Gasteiger partial charge in [-0.2, -0.15) is 0 Å². The number of aliphatic hydroxyl groups excluding tert-OH is 1. The lowest BCUT2D eigenvalue weighted by atomic mass is 9.75. The standard InChI is InChI=1S/C22H21F3N2O3/c1-11(28)10-26-22(29)30-16-6-13(7-16)19-17-8-15(24)9-18(25)21(17)27-20(19)12-2-4-14(23)5-3-12/h2-5,8-9,11,13,16,27-28H,6-7,10H2,1H3,(H,26,29)/t11-,13-,16-/m0/s1. The van der Waals surface area contributed by atoms with Crippen LogP contribution in [0.2, 0.25) is 0 Å². The molecule has 0 bridgehead atoms. The highest BCUT2D eigenvalue weighted by Gasteiger charge is 2.37. The molecule has 3 N–H and O–H groups in total. The zero-order chi connectivity index (χ0) is 21.4. The Morgan fingerprint density at radius 2 is 1.90 bits per heavy atom. The molecule has 0 spiro atoms. The zero-order valence-corrected chi connectivity index (χ0v) is 16.2.